The Morgan fingerprint density at radius 3 is 2.27 bits per heavy atom. The van der Waals surface area contributed by atoms with Crippen molar-refractivity contribution in [3.8, 4) is 11.1 Å². The predicted molar refractivity (Wildman–Crippen MR) is 115 cm³/mol. The van der Waals surface area contributed by atoms with Gasteiger partial charge in [0.2, 0.25) is 0 Å². The number of nitrogens with zero attached hydrogens (tertiary/aromatic N) is 1. The highest BCUT2D eigenvalue weighted by Crippen LogP contribution is 2.28. The van der Waals surface area contributed by atoms with Gasteiger partial charge in [0.1, 0.15) is 5.82 Å². The molecule has 1 unspecified atom stereocenters. The second kappa shape index (κ2) is 8.03. The van der Waals surface area contributed by atoms with Crippen molar-refractivity contribution < 1.29 is 17.6 Å². The van der Waals surface area contributed by atoms with Gasteiger partial charge < -0.3 is 4.90 Å². The van der Waals surface area contributed by atoms with E-state index in [1.165, 1.54) is 4.90 Å². The lowest BCUT2D eigenvalue weighted by Gasteiger charge is -2.18. The maximum atomic E-state index is 14.8. The van der Waals surface area contributed by atoms with E-state index < -0.39 is 26.8 Å². The normalized spacial score (nSPS) is 16.6. The highest BCUT2D eigenvalue weighted by atomic mass is 32.2. The first-order valence-electron chi connectivity index (χ1n) is 9.81. The number of carbonyl (C=O) groups excluding carboxylic acids is 1. The van der Waals surface area contributed by atoms with Gasteiger partial charge in [-0.3, -0.25) is 4.79 Å². The van der Waals surface area contributed by atoms with Gasteiger partial charge in [-0.2, -0.15) is 0 Å². The lowest BCUT2D eigenvalue weighted by atomic mass is 9.99. The molecule has 0 N–H and O–H groups in total. The van der Waals surface area contributed by atoms with Crippen molar-refractivity contribution >= 4 is 15.7 Å². The summed E-state index contributed by atoms with van der Waals surface area (Å²) >= 11 is 0. The quantitative estimate of drug-likeness (QED) is 0.621. The van der Waals surface area contributed by atoms with E-state index in [9.17, 15) is 17.6 Å². The standard InChI is InChI=1S/C24H22FNO3S/c1-17-14-19(18-8-4-2-5-9-18)15-22(23(17)25)24(27)26-13-12-21(16-26)30(28,29)20-10-6-3-7-11-20/h2-11,14-15,21H,12-13,16H2,1H3. The number of rotatable bonds is 4. The van der Waals surface area contributed by atoms with E-state index in [-0.39, 0.29) is 23.5 Å². The number of carbonyl (C=O) groups is 1. The van der Waals surface area contributed by atoms with Crippen LogP contribution in [0.25, 0.3) is 11.1 Å². The molecule has 0 bridgehead atoms. The molecule has 1 amide bonds. The molecule has 1 aliphatic rings. The highest BCUT2D eigenvalue weighted by Gasteiger charge is 2.37. The van der Waals surface area contributed by atoms with Gasteiger partial charge in [0, 0.05) is 13.1 Å². The smallest absolute Gasteiger partial charge is 0.256 e. The molecule has 1 fully saturated rings. The molecule has 0 saturated carbocycles. The summed E-state index contributed by atoms with van der Waals surface area (Å²) in [5.74, 6) is -1.03. The molecule has 30 heavy (non-hydrogen) atoms. The van der Waals surface area contributed by atoms with Gasteiger partial charge in [0.25, 0.3) is 5.91 Å². The maximum Gasteiger partial charge on any atom is 0.256 e. The summed E-state index contributed by atoms with van der Waals surface area (Å²) < 4.78 is 40.6. The van der Waals surface area contributed by atoms with Crippen LogP contribution < -0.4 is 0 Å². The van der Waals surface area contributed by atoms with Gasteiger partial charge >= 0.3 is 0 Å². The van der Waals surface area contributed by atoms with Gasteiger partial charge in [-0.1, -0.05) is 48.5 Å². The fourth-order valence-corrected chi connectivity index (χ4v) is 5.57. The van der Waals surface area contributed by atoms with Crippen LogP contribution in [0.3, 0.4) is 0 Å². The van der Waals surface area contributed by atoms with Crippen LogP contribution in [0.1, 0.15) is 22.3 Å². The number of sulfone groups is 1. The molecule has 154 valence electrons. The molecule has 1 heterocycles. The molecule has 0 radical (unpaired) electrons. The monoisotopic (exact) mass is 423 g/mol. The Morgan fingerprint density at radius 2 is 1.60 bits per heavy atom. The largest absolute Gasteiger partial charge is 0.337 e. The van der Waals surface area contributed by atoms with Crippen molar-refractivity contribution in [3.63, 3.8) is 0 Å². The third-order valence-corrected chi connectivity index (χ3v) is 7.73. The molecular formula is C24H22FNO3S. The Hall–Kier alpha value is -2.99. The molecule has 4 rings (SSSR count). The van der Waals surface area contributed by atoms with Gasteiger partial charge in [0.05, 0.1) is 15.7 Å². The van der Waals surface area contributed by atoms with Crippen LogP contribution >= 0.6 is 0 Å². The third-order valence-electron chi connectivity index (χ3n) is 5.53. The third kappa shape index (κ3) is 3.75. The minimum atomic E-state index is -3.54. The van der Waals surface area contributed by atoms with Crippen molar-refractivity contribution in [3.05, 3.63) is 89.7 Å². The predicted octanol–water partition coefficient (Wildman–Crippen LogP) is 4.49. The summed E-state index contributed by atoms with van der Waals surface area (Å²) in [6, 6.07) is 21.0. The molecule has 0 aromatic heterocycles. The van der Waals surface area contributed by atoms with E-state index in [0.29, 0.717) is 12.0 Å². The summed E-state index contributed by atoms with van der Waals surface area (Å²) in [6.45, 7) is 1.97. The Bertz CT molecular complexity index is 1180. The van der Waals surface area contributed by atoms with Crippen LogP contribution in [0.4, 0.5) is 4.39 Å². The van der Waals surface area contributed by atoms with Crippen molar-refractivity contribution in [1.29, 1.82) is 0 Å². The van der Waals surface area contributed by atoms with E-state index in [2.05, 4.69) is 0 Å². The van der Waals surface area contributed by atoms with Crippen LogP contribution in [0.2, 0.25) is 0 Å². The number of amides is 1. The van der Waals surface area contributed by atoms with Crippen LogP contribution in [0.5, 0.6) is 0 Å². The highest BCUT2D eigenvalue weighted by molar-refractivity contribution is 7.92. The molecule has 6 heteroatoms. The fourth-order valence-electron chi connectivity index (χ4n) is 3.86. The van der Waals surface area contributed by atoms with E-state index in [1.54, 1.807) is 49.4 Å². The van der Waals surface area contributed by atoms with Crippen LogP contribution in [0, 0.1) is 12.7 Å². The van der Waals surface area contributed by atoms with Gasteiger partial charge in [-0.25, -0.2) is 12.8 Å². The lowest BCUT2D eigenvalue weighted by molar-refractivity contribution is 0.0788. The topological polar surface area (TPSA) is 54.5 Å². The second-order valence-corrected chi connectivity index (χ2v) is 9.77. The van der Waals surface area contributed by atoms with E-state index in [1.807, 2.05) is 30.3 Å². The molecule has 0 aliphatic carbocycles. The molecule has 1 aliphatic heterocycles. The summed E-state index contributed by atoms with van der Waals surface area (Å²) in [4.78, 5) is 14.8. The van der Waals surface area contributed by atoms with Gasteiger partial charge in [0.15, 0.2) is 9.84 Å². The Kier molecular flexibility index (Phi) is 5.43. The zero-order valence-corrected chi connectivity index (χ0v) is 17.4. The first-order valence-corrected chi connectivity index (χ1v) is 11.4. The van der Waals surface area contributed by atoms with E-state index >= 15 is 0 Å². The maximum absolute atomic E-state index is 14.8. The fraction of sp³-hybridized carbons (Fsp3) is 0.208. The summed E-state index contributed by atoms with van der Waals surface area (Å²) in [5, 5.41) is -0.690. The Labute approximate surface area is 175 Å². The second-order valence-electron chi connectivity index (χ2n) is 7.54. The van der Waals surface area contributed by atoms with E-state index in [0.717, 1.165) is 11.1 Å². The Balaban J connectivity index is 1.61. The minimum Gasteiger partial charge on any atom is -0.337 e. The number of aryl methyl sites for hydroxylation is 1. The molecule has 0 spiro atoms. The first-order chi connectivity index (χ1) is 14.4. The minimum absolute atomic E-state index is 0.0217. The molecule has 1 atom stereocenters. The van der Waals surface area contributed by atoms with E-state index in [4.69, 9.17) is 0 Å². The van der Waals surface area contributed by atoms with Crippen LogP contribution in [-0.4, -0.2) is 37.6 Å². The van der Waals surface area contributed by atoms with Crippen molar-refractivity contribution in [2.24, 2.45) is 0 Å². The van der Waals surface area contributed by atoms with Crippen molar-refractivity contribution in [1.82, 2.24) is 4.90 Å². The molecular weight excluding hydrogens is 401 g/mol. The zero-order chi connectivity index (χ0) is 21.3. The summed E-state index contributed by atoms with van der Waals surface area (Å²) in [7, 11) is -3.54. The van der Waals surface area contributed by atoms with Crippen LogP contribution in [-0.2, 0) is 9.84 Å². The number of hydrogen-bond donors (Lipinski definition) is 0. The first kappa shape index (κ1) is 20.3. The number of halogens is 1. The SMILES string of the molecule is Cc1cc(-c2ccccc2)cc(C(=O)N2CCC(S(=O)(=O)c3ccccc3)C2)c1F. The molecule has 4 nitrogen and oxygen atoms in total. The lowest BCUT2D eigenvalue weighted by Crippen LogP contribution is -2.32. The average Bonchev–Trinajstić information content (AvgIpc) is 3.27. The Morgan fingerprint density at radius 1 is 0.967 bits per heavy atom. The van der Waals surface area contributed by atoms with Gasteiger partial charge in [-0.15, -0.1) is 0 Å². The molecule has 1 saturated heterocycles. The summed E-state index contributed by atoms with van der Waals surface area (Å²) in [5.41, 5.74) is 2.00. The van der Waals surface area contributed by atoms with Gasteiger partial charge in [-0.05, 0) is 54.3 Å². The summed E-state index contributed by atoms with van der Waals surface area (Å²) in [6.07, 6.45) is 0.335. The number of likely N-dealkylation sites (tertiary alicyclic amines) is 1. The number of hydrogen-bond acceptors (Lipinski definition) is 3. The van der Waals surface area contributed by atoms with Crippen molar-refractivity contribution in [2.75, 3.05) is 13.1 Å². The average molecular weight is 424 g/mol. The van der Waals surface area contributed by atoms with Crippen LogP contribution in [0.15, 0.2) is 77.7 Å². The zero-order valence-electron chi connectivity index (χ0n) is 16.6. The number of benzene rings is 3. The molecule has 3 aromatic rings. The molecule has 3 aromatic carbocycles. The van der Waals surface area contributed by atoms with Crippen molar-refractivity contribution in [2.45, 2.75) is 23.5 Å².